The molecule has 65 valence electrons. The van der Waals surface area contributed by atoms with Gasteiger partial charge in [-0.25, -0.2) is 0 Å². The molecule has 0 spiro atoms. The molecule has 2 rings (SSSR count). The summed E-state index contributed by atoms with van der Waals surface area (Å²) in [6.07, 6.45) is 0. The summed E-state index contributed by atoms with van der Waals surface area (Å²) in [6, 6.07) is 13.2. The van der Waals surface area contributed by atoms with Crippen molar-refractivity contribution in [1.82, 2.24) is 0 Å². The number of carbonyl (C=O) groups excluding carboxylic acids is 1. The minimum atomic E-state index is -0.378. The van der Waals surface area contributed by atoms with Crippen LogP contribution in [0, 0.1) is 0 Å². The van der Waals surface area contributed by atoms with Gasteiger partial charge in [-0.15, -0.1) is 0 Å². The SMILES string of the molecule is NC(=O)c1cccc2ccccc12.[Na]. The summed E-state index contributed by atoms with van der Waals surface area (Å²) in [7, 11) is 0. The van der Waals surface area contributed by atoms with Crippen molar-refractivity contribution in [2.45, 2.75) is 0 Å². The zero-order valence-corrected chi connectivity index (χ0v) is 10.0. The molecule has 0 aliphatic carbocycles. The van der Waals surface area contributed by atoms with Gasteiger partial charge in [0.2, 0.25) is 5.91 Å². The number of hydrogen-bond donors (Lipinski definition) is 1. The van der Waals surface area contributed by atoms with Crippen molar-refractivity contribution in [3.05, 3.63) is 48.0 Å². The van der Waals surface area contributed by atoms with Crippen LogP contribution in [-0.4, -0.2) is 35.5 Å². The molecule has 0 aliphatic heterocycles. The first-order chi connectivity index (χ1) is 6.29. The van der Waals surface area contributed by atoms with E-state index in [2.05, 4.69) is 0 Å². The normalized spacial score (nSPS) is 9.43. The second-order valence-corrected chi connectivity index (χ2v) is 2.89. The average Bonchev–Trinajstić information content (AvgIpc) is 2.17. The molecule has 0 bridgehead atoms. The summed E-state index contributed by atoms with van der Waals surface area (Å²) in [5.41, 5.74) is 5.82. The number of hydrogen-bond acceptors (Lipinski definition) is 1. The standard InChI is InChI=1S/C11H9NO.Na/c12-11(13)10-7-3-5-8-4-1-2-6-9(8)10;/h1-7H,(H2,12,13);. The Balaban J connectivity index is 0.000000980. The van der Waals surface area contributed by atoms with Gasteiger partial charge in [-0.2, -0.15) is 0 Å². The van der Waals surface area contributed by atoms with E-state index in [-0.39, 0.29) is 35.5 Å². The molecule has 2 N–H and O–H groups in total. The van der Waals surface area contributed by atoms with E-state index >= 15 is 0 Å². The van der Waals surface area contributed by atoms with Crippen LogP contribution in [0.1, 0.15) is 10.4 Å². The molecule has 2 aromatic carbocycles. The molecule has 0 aliphatic rings. The number of carbonyl (C=O) groups is 1. The van der Waals surface area contributed by atoms with Gasteiger partial charge in [0.1, 0.15) is 0 Å². The second-order valence-electron chi connectivity index (χ2n) is 2.89. The Morgan fingerprint density at radius 1 is 1.00 bits per heavy atom. The Labute approximate surface area is 104 Å². The Hall–Kier alpha value is -0.830. The van der Waals surface area contributed by atoms with Crippen LogP contribution < -0.4 is 5.73 Å². The number of benzene rings is 2. The van der Waals surface area contributed by atoms with Crippen LogP contribution in [-0.2, 0) is 0 Å². The van der Waals surface area contributed by atoms with Crippen molar-refractivity contribution >= 4 is 46.2 Å². The fourth-order valence-electron chi connectivity index (χ4n) is 1.44. The van der Waals surface area contributed by atoms with Gasteiger partial charge in [-0.05, 0) is 16.8 Å². The maximum atomic E-state index is 11.0. The Morgan fingerprint density at radius 3 is 2.36 bits per heavy atom. The van der Waals surface area contributed by atoms with E-state index in [1.54, 1.807) is 6.07 Å². The molecule has 0 unspecified atom stereocenters. The maximum Gasteiger partial charge on any atom is 0.249 e. The van der Waals surface area contributed by atoms with Gasteiger partial charge in [0, 0.05) is 35.1 Å². The van der Waals surface area contributed by atoms with E-state index in [0.717, 1.165) is 10.8 Å². The molecule has 0 saturated heterocycles. The van der Waals surface area contributed by atoms with Crippen LogP contribution in [0.25, 0.3) is 10.8 Å². The number of fused-ring (bicyclic) bond motifs is 1. The predicted octanol–water partition coefficient (Wildman–Crippen LogP) is 1.56. The van der Waals surface area contributed by atoms with Gasteiger partial charge in [0.05, 0.1) is 0 Å². The first-order valence-electron chi connectivity index (χ1n) is 4.06. The molecule has 1 radical (unpaired) electrons. The van der Waals surface area contributed by atoms with Crippen molar-refractivity contribution in [3.63, 3.8) is 0 Å². The Kier molecular flexibility index (Phi) is 3.69. The van der Waals surface area contributed by atoms with Crippen LogP contribution in [0.3, 0.4) is 0 Å². The van der Waals surface area contributed by atoms with Gasteiger partial charge in [-0.3, -0.25) is 4.79 Å². The zero-order chi connectivity index (χ0) is 9.26. The summed E-state index contributed by atoms with van der Waals surface area (Å²) < 4.78 is 0. The quantitative estimate of drug-likeness (QED) is 0.688. The molecular formula is C11H9NNaO. The van der Waals surface area contributed by atoms with Crippen molar-refractivity contribution < 1.29 is 4.79 Å². The zero-order valence-electron chi connectivity index (χ0n) is 8.03. The monoisotopic (exact) mass is 194 g/mol. The molecule has 0 fully saturated rings. The molecular weight excluding hydrogens is 185 g/mol. The Bertz CT molecular complexity index is 462. The first kappa shape index (κ1) is 11.2. The van der Waals surface area contributed by atoms with E-state index in [1.165, 1.54) is 0 Å². The van der Waals surface area contributed by atoms with Crippen LogP contribution >= 0.6 is 0 Å². The van der Waals surface area contributed by atoms with Gasteiger partial charge >= 0.3 is 0 Å². The predicted molar refractivity (Wildman–Crippen MR) is 58.2 cm³/mol. The van der Waals surface area contributed by atoms with E-state index in [9.17, 15) is 4.79 Å². The van der Waals surface area contributed by atoms with Gasteiger partial charge in [0.25, 0.3) is 0 Å². The number of rotatable bonds is 1. The molecule has 1 amide bonds. The Morgan fingerprint density at radius 2 is 1.64 bits per heavy atom. The summed E-state index contributed by atoms with van der Waals surface area (Å²) in [6.45, 7) is 0. The minimum absolute atomic E-state index is 0. The molecule has 0 saturated carbocycles. The summed E-state index contributed by atoms with van der Waals surface area (Å²) in [5.74, 6) is -0.378. The first-order valence-corrected chi connectivity index (χ1v) is 4.06. The number of nitrogens with two attached hydrogens (primary N) is 1. The van der Waals surface area contributed by atoms with Gasteiger partial charge < -0.3 is 5.73 Å². The number of amides is 1. The van der Waals surface area contributed by atoms with Crippen LogP contribution in [0.15, 0.2) is 42.5 Å². The van der Waals surface area contributed by atoms with Crippen molar-refractivity contribution in [3.8, 4) is 0 Å². The van der Waals surface area contributed by atoms with Gasteiger partial charge in [0.15, 0.2) is 0 Å². The largest absolute Gasteiger partial charge is 0.366 e. The second kappa shape index (κ2) is 4.60. The topological polar surface area (TPSA) is 43.1 Å². The minimum Gasteiger partial charge on any atom is -0.366 e. The third kappa shape index (κ3) is 1.98. The summed E-state index contributed by atoms with van der Waals surface area (Å²) >= 11 is 0. The van der Waals surface area contributed by atoms with E-state index in [1.807, 2.05) is 36.4 Å². The van der Waals surface area contributed by atoms with Crippen LogP contribution in [0.4, 0.5) is 0 Å². The number of primary amides is 1. The molecule has 2 aromatic rings. The van der Waals surface area contributed by atoms with Crippen molar-refractivity contribution in [2.75, 3.05) is 0 Å². The summed E-state index contributed by atoms with van der Waals surface area (Å²) in [4.78, 5) is 11.0. The third-order valence-electron chi connectivity index (χ3n) is 2.06. The molecule has 2 nitrogen and oxygen atoms in total. The molecule has 0 atom stereocenters. The molecule has 3 heteroatoms. The molecule has 14 heavy (non-hydrogen) atoms. The fraction of sp³-hybridized carbons (Fsp3) is 0. The smallest absolute Gasteiger partial charge is 0.249 e. The third-order valence-corrected chi connectivity index (χ3v) is 2.06. The van der Waals surface area contributed by atoms with E-state index < -0.39 is 0 Å². The summed E-state index contributed by atoms with van der Waals surface area (Å²) in [5, 5.41) is 1.95. The van der Waals surface area contributed by atoms with Gasteiger partial charge in [-0.1, -0.05) is 36.4 Å². The van der Waals surface area contributed by atoms with Crippen molar-refractivity contribution in [2.24, 2.45) is 5.73 Å². The van der Waals surface area contributed by atoms with Crippen LogP contribution in [0.2, 0.25) is 0 Å². The van der Waals surface area contributed by atoms with Crippen LogP contribution in [0.5, 0.6) is 0 Å². The average molecular weight is 194 g/mol. The molecule has 0 aromatic heterocycles. The maximum absolute atomic E-state index is 11.0. The van der Waals surface area contributed by atoms with E-state index in [4.69, 9.17) is 5.73 Å². The fourth-order valence-corrected chi connectivity index (χ4v) is 1.44. The van der Waals surface area contributed by atoms with Crippen molar-refractivity contribution in [1.29, 1.82) is 0 Å². The van der Waals surface area contributed by atoms with E-state index in [0.29, 0.717) is 5.56 Å². The molecule has 0 heterocycles.